The Kier molecular flexibility index (Phi) is 9.52. The second-order valence-corrected chi connectivity index (χ2v) is 10.9. The second kappa shape index (κ2) is 12.6. The fourth-order valence-electron chi connectivity index (χ4n) is 4.27. The van der Waals surface area contributed by atoms with Crippen molar-refractivity contribution in [1.29, 1.82) is 0 Å². The SMILES string of the molecule is CC[C@H](C(=O)NC)N(Cc1cccc(OC)c1)C(=O)CN(c1cc(C)ccc1C)S(=O)(=O)c1ccccc1. The van der Waals surface area contributed by atoms with Gasteiger partial charge in [-0.3, -0.25) is 13.9 Å². The van der Waals surface area contributed by atoms with Crippen LogP contribution in [0.5, 0.6) is 5.75 Å². The number of anilines is 1. The first-order chi connectivity index (χ1) is 18.1. The first kappa shape index (κ1) is 28.7. The molecule has 38 heavy (non-hydrogen) atoms. The Hall–Kier alpha value is -3.85. The molecule has 0 spiro atoms. The number of hydrogen-bond donors (Lipinski definition) is 1. The van der Waals surface area contributed by atoms with Gasteiger partial charge in [-0.1, -0.05) is 49.4 Å². The van der Waals surface area contributed by atoms with E-state index in [1.807, 2.05) is 32.0 Å². The summed E-state index contributed by atoms with van der Waals surface area (Å²) in [5, 5.41) is 2.63. The molecule has 2 amide bonds. The number of carbonyl (C=O) groups excluding carboxylic acids is 2. The number of amides is 2. The Bertz CT molecular complexity index is 1380. The minimum Gasteiger partial charge on any atom is -0.497 e. The smallest absolute Gasteiger partial charge is 0.264 e. The van der Waals surface area contributed by atoms with Crippen molar-refractivity contribution in [1.82, 2.24) is 10.2 Å². The maximum atomic E-state index is 14.0. The van der Waals surface area contributed by atoms with E-state index in [2.05, 4.69) is 5.32 Å². The summed E-state index contributed by atoms with van der Waals surface area (Å²) in [4.78, 5) is 28.3. The van der Waals surface area contributed by atoms with Gasteiger partial charge in [0.15, 0.2) is 0 Å². The highest BCUT2D eigenvalue weighted by molar-refractivity contribution is 7.92. The number of ether oxygens (including phenoxy) is 1. The van der Waals surface area contributed by atoms with E-state index < -0.39 is 28.5 Å². The zero-order valence-corrected chi connectivity index (χ0v) is 23.3. The summed E-state index contributed by atoms with van der Waals surface area (Å²) in [5.41, 5.74) is 2.73. The minimum atomic E-state index is -4.10. The highest BCUT2D eigenvalue weighted by atomic mass is 32.2. The van der Waals surface area contributed by atoms with Gasteiger partial charge in [-0.25, -0.2) is 8.42 Å². The van der Waals surface area contributed by atoms with Crippen LogP contribution in [0.25, 0.3) is 0 Å². The molecule has 0 saturated carbocycles. The molecule has 0 aliphatic carbocycles. The lowest BCUT2D eigenvalue weighted by Gasteiger charge is -2.33. The fraction of sp³-hybridized carbons (Fsp3) is 0.310. The summed E-state index contributed by atoms with van der Waals surface area (Å²) in [6.07, 6.45) is 0.351. The minimum absolute atomic E-state index is 0.0754. The van der Waals surface area contributed by atoms with Crippen molar-refractivity contribution in [2.75, 3.05) is 25.0 Å². The van der Waals surface area contributed by atoms with Crippen molar-refractivity contribution in [2.24, 2.45) is 0 Å². The third-order valence-electron chi connectivity index (χ3n) is 6.36. The van der Waals surface area contributed by atoms with Crippen molar-refractivity contribution >= 4 is 27.5 Å². The normalized spacial score (nSPS) is 11.9. The van der Waals surface area contributed by atoms with E-state index in [4.69, 9.17) is 4.74 Å². The Morgan fingerprint density at radius 2 is 1.68 bits per heavy atom. The molecule has 0 aliphatic heterocycles. The molecule has 9 heteroatoms. The number of rotatable bonds is 11. The van der Waals surface area contributed by atoms with E-state index >= 15 is 0 Å². The highest BCUT2D eigenvalue weighted by Gasteiger charge is 2.34. The molecular formula is C29H35N3O5S. The molecule has 0 unspecified atom stereocenters. The van der Waals surface area contributed by atoms with Crippen molar-refractivity contribution < 1.29 is 22.7 Å². The van der Waals surface area contributed by atoms with E-state index in [1.54, 1.807) is 56.5 Å². The molecule has 3 aromatic carbocycles. The fourth-order valence-corrected chi connectivity index (χ4v) is 5.77. The van der Waals surface area contributed by atoms with Crippen molar-refractivity contribution in [3.8, 4) is 5.75 Å². The third-order valence-corrected chi connectivity index (χ3v) is 8.14. The third kappa shape index (κ3) is 6.52. The predicted octanol–water partition coefficient (Wildman–Crippen LogP) is 4.06. The number of benzene rings is 3. The zero-order chi connectivity index (χ0) is 27.9. The number of nitrogens with zero attached hydrogens (tertiary/aromatic N) is 2. The molecule has 0 radical (unpaired) electrons. The van der Waals surface area contributed by atoms with Crippen molar-refractivity contribution in [2.45, 2.75) is 44.7 Å². The number of carbonyl (C=O) groups is 2. The second-order valence-electron chi connectivity index (χ2n) is 9.03. The number of likely N-dealkylation sites (N-methyl/N-ethyl adjacent to an activating group) is 1. The molecule has 3 aromatic rings. The van der Waals surface area contributed by atoms with Crippen LogP contribution in [0.1, 0.15) is 30.0 Å². The van der Waals surface area contributed by atoms with Crippen molar-refractivity contribution in [3.63, 3.8) is 0 Å². The van der Waals surface area contributed by atoms with E-state index in [0.717, 1.165) is 15.4 Å². The van der Waals surface area contributed by atoms with E-state index in [0.29, 0.717) is 23.4 Å². The number of methoxy groups -OCH3 is 1. The van der Waals surface area contributed by atoms with Crippen LogP contribution >= 0.6 is 0 Å². The van der Waals surface area contributed by atoms with Gasteiger partial charge in [0.2, 0.25) is 11.8 Å². The van der Waals surface area contributed by atoms with Crippen LogP contribution in [0, 0.1) is 13.8 Å². The maximum absolute atomic E-state index is 14.0. The van der Waals surface area contributed by atoms with Crippen LogP contribution < -0.4 is 14.4 Å². The molecule has 3 rings (SSSR count). The summed E-state index contributed by atoms with van der Waals surface area (Å²) in [5.74, 6) is -0.205. The first-order valence-corrected chi connectivity index (χ1v) is 13.8. The van der Waals surface area contributed by atoms with E-state index in [1.165, 1.54) is 24.1 Å². The largest absolute Gasteiger partial charge is 0.497 e. The van der Waals surface area contributed by atoms with Crippen LogP contribution in [0.3, 0.4) is 0 Å². The van der Waals surface area contributed by atoms with Gasteiger partial charge >= 0.3 is 0 Å². The Balaban J connectivity index is 2.09. The van der Waals surface area contributed by atoms with Crippen molar-refractivity contribution in [3.05, 3.63) is 89.5 Å². The molecule has 0 fully saturated rings. The highest BCUT2D eigenvalue weighted by Crippen LogP contribution is 2.28. The van der Waals surface area contributed by atoms with Gasteiger partial charge < -0.3 is 15.0 Å². The van der Waals surface area contributed by atoms with Gasteiger partial charge in [-0.15, -0.1) is 0 Å². The molecule has 8 nitrogen and oxygen atoms in total. The summed E-state index contributed by atoms with van der Waals surface area (Å²) in [6.45, 7) is 5.12. The standard InChI is InChI=1S/C29H35N3O5S/c1-6-26(29(34)30-4)31(19-23-11-10-12-24(18-23)37-5)28(33)20-32(27-17-21(2)15-16-22(27)3)38(35,36)25-13-8-7-9-14-25/h7-18,26H,6,19-20H2,1-5H3,(H,30,34)/t26-/m1/s1. The quantitative estimate of drug-likeness (QED) is 0.398. The number of aryl methyl sites for hydroxylation is 2. The van der Waals surface area contributed by atoms with Gasteiger partial charge in [-0.2, -0.15) is 0 Å². The van der Waals surface area contributed by atoms with E-state index in [-0.39, 0.29) is 17.3 Å². The molecule has 0 bridgehead atoms. The first-order valence-electron chi connectivity index (χ1n) is 12.4. The molecule has 0 saturated heterocycles. The van der Waals surface area contributed by atoms with E-state index in [9.17, 15) is 18.0 Å². The average Bonchev–Trinajstić information content (AvgIpc) is 2.93. The molecule has 1 N–H and O–H groups in total. The molecule has 0 aliphatic rings. The molecule has 0 aromatic heterocycles. The van der Waals surface area contributed by atoms with Gasteiger partial charge in [0.25, 0.3) is 10.0 Å². The Morgan fingerprint density at radius 3 is 2.32 bits per heavy atom. The lowest BCUT2D eigenvalue weighted by Crippen LogP contribution is -2.51. The van der Waals surface area contributed by atoms with Crippen LogP contribution in [0.15, 0.2) is 77.7 Å². The average molecular weight is 538 g/mol. The maximum Gasteiger partial charge on any atom is 0.264 e. The van der Waals surface area contributed by atoms with Gasteiger partial charge in [0.05, 0.1) is 17.7 Å². The molecular weight excluding hydrogens is 502 g/mol. The van der Waals surface area contributed by atoms with Gasteiger partial charge in [-0.05, 0) is 67.3 Å². The summed E-state index contributed by atoms with van der Waals surface area (Å²) in [6, 6.07) is 19.9. The predicted molar refractivity (Wildman–Crippen MR) is 149 cm³/mol. The van der Waals surface area contributed by atoms with Crippen LogP contribution in [-0.2, 0) is 26.2 Å². The summed E-state index contributed by atoms with van der Waals surface area (Å²) in [7, 11) is -1.03. The number of hydrogen-bond acceptors (Lipinski definition) is 5. The Morgan fingerprint density at radius 1 is 0.974 bits per heavy atom. The van der Waals surface area contributed by atoms with Gasteiger partial charge in [0.1, 0.15) is 18.3 Å². The lowest BCUT2D eigenvalue weighted by atomic mass is 10.1. The van der Waals surface area contributed by atoms with Crippen LogP contribution in [0.2, 0.25) is 0 Å². The monoisotopic (exact) mass is 537 g/mol. The molecule has 0 heterocycles. The zero-order valence-electron chi connectivity index (χ0n) is 22.5. The van der Waals surface area contributed by atoms with Crippen LogP contribution in [0.4, 0.5) is 5.69 Å². The number of sulfonamides is 1. The number of nitrogens with one attached hydrogen (secondary N) is 1. The topological polar surface area (TPSA) is 96.0 Å². The summed E-state index contributed by atoms with van der Waals surface area (Å²) < 4.78 is 34.2. The summed E-state index contributed by atoms with van der Waals surface area (Å²) >= 11 is 0. The lowest BCUT2D eigenvalue weighted by molar-refractivity contribution is -0.140. The van der Waals surface area contributed by atoms with Crippen LogP contribution in [-0.4, -0.2) is 51.9 Å². The molecule has 1 atom stereocenters. The van der Waals surface area contributed by atoms with Gasteiger partial charge in [0, 0.05) is 13.6 Å². The molecule has 202 valence electrons. The Labute approximate surface area is 225 Å².